The highest BCUT2D eigenvalue weighted by atomic mass is 16.6. The molecular weight excluding hydrogens is 504 g/mol. The normalized spacial score (nSPS) is 15.0. The molecule has 10 heteroatoms. The second-order valence-electron chi connectivity index (χ2n) is 9.00. The van der Waals surface area contributed by atoms with Crippen LogP contribution in [0.1, 0.15) is 50.2 Å². The van der Waals surface area contributed by atoms with Crippen molar-refractivity contribution in [2.24, 2.45) is 0 Å². The summed E-state index contributed by atoms with van der Waals surface area (Å²) in [5, 5.41) is 23.5. The molecule has 0 aromatic heterocycles. The van der Waals surface area contributed by atoms with Gasteiger partial charge in [-0.2, -0.15) is 0 Å². The summed E-state index contributed by atoms with van der Waals surface area (Å²) in [6.45, 7) is 4.10. The van der Waals surface area contributed by atoms with Crippen molar-refractivity contribution >= 4 is 17.6 Å². The zero-order valence-electron chi connectivity index (χ0n) is 22.4. The first kappa shape index (κ1) is 29.4. The number of dihydropyridines is 1. The molecule has 208 valence electrons. The van der Waals surface area contributed by atoms with E-state index in [2.05, 4.69) is 5.32 Å². The standard InChI is InChI=1S/C29H34N2O8/c1-4-24-27(29(34)39-17-7-16-38-23-13-11-20(12-14-23)8-6-15-32)26(25(19(2)30-24)28(33)37-3)21-9-5-10-22(18-21)31(35)36/h5,9-14,18,26,30,32H,4,6-8,15-17H2,1-3H3. The quantitative estimate of drug-likeness (QED) is 0.165. The summed E-state index contributed by atoms with van der Waals surface area (Å²) in [6, 6.07) is 13.5. The van der Waals surface area contributed by atoms with Crippen LogP contribution < -0.4 is 10.1 Å². The summed E-state index contributed by atoms with van der Waals surface area (Å²) < 4.78 is 16.3. The highest BCUT2D eigenvalue weighted by Crippen LogP contribution is 2.40. The van der Waals surface area contributed by atoms with Crippen LogP contribution in [0.3, 0.4) is 0 Å². The molecule has 0 radical (unpaired) electrons. The average molecular weight is 539 g/mol. The first-order chi connectivity index (χ1) is 18.8. The van der Waals surface area contributed by atoms with Gasteiger partial charge in [0.2, 0.25) is 0 Å². The van der Waals surface area contributed by atoms with Crippen molar-refractivity contribution in [2.45, 2.75) is 45.4 Å². The number of carbonyl (C=O) groups excluding carboxylic acids is 2. The molecule has 1 aliphatic heterocycles. The van der Waals surface area contributed by atoms with Crippen LogP contribution in [0.4, 0.5) is 5.69 Å². The molecule has 1 atom stereocenters. The van der Waals surface area contributed by atoms with Crippen LogP contribution in [-0.2, 0) is 25.5 Å². The number of nitrogens with zero attached hydrogens (tertiary/aromatic N) is 1. The van der Waals surface area contributed by atoms with Crippen molar-refractivity contribution in [3.05, 3.63) is 92.3 Å². The summed E-state index contributed by atoms with van der Waals surface area (Å²) in [5.41, 5.74) is 2.84. The maximum Gasteiger partial charge on any atom is 0.336 e. The maximum atomic E-state index is 13.4. The lowest BCUT2D eigenvalue weighted by Crippen LogP contribution is -2.33. The number of carbonyl (C=O) groups is 2. The molecular formula is C29H34N2O8. The van der Waals surface area contributed by atoms with Crippen molar-refractivity contribution in [2.75, 3.05) is 26.9 Å². The van der Waals surface area contributed by atoms with Crippen LogP contribution >= 0.6 is 0 Å². The SMILES string of the molecule is CCC1=C(C(=O)OCCCOc2ccc(CCCO)cc2)C(c2cccc([N+](=O)[O-])c2)C(C(=O)OC)=C(C)N1. The monoisotopic (exact) mass is 538 g/mol. The molecule has 3 rings (SSSR count). The number of rotatable bonds is 13. The Morgan fingerprint density at radius 1 is 1.05 bits per heavy atom. The minimum absolute atomic E-state index is 0.0752. The van der Waals surface area contributed by atoms with Gasteiger partial charge in [0.25, 0.3) is 5.69 Å². The van der Waals surface area contributed by atoms with Crippen molar-refractivity contribution in [3.8, 4) is 5.75 Å². The molecule has 39 heavy (non-hydrogen) atoms. The lowest BCUT2D eigenvalue weighted by atomic mass is 9.79. The van der Waals surface area contributed by atoms with Crippen LogP contribution in [0.25, 0.3) is 0 Å². The number of methoxy groups -OCH3 is 1. The number of non-ortho nitro benzene ring substituents is 1. The second-order valence-corrected chi connectivity index (χ2v) is 9.00. The zero-order valence-corrected chi connectivity index (χ0v) is 22.4. The zero-order chi connectivity index (χ0) is 28.4. The van der Waals surface area contributed by atoms with Gasteiger partial charge in [-0.25, -0.2) is 9.59 Å². The Kier molecular flexibility index (Phi) is 10.6. The van der Waals surface area contributed by atoms with Gasteiger partial charge in [-0.15, -0.1) is 0 Å². The summed E-state index contributed by atoms with van der Waals surface area (Å²) >= 11 is 0. The number of nitro benzene ring substituents is 1. The number of hydrogen-bond donors (Lipinski definition) is 2. The lowest BCUT2D eigenvalue weighted by molar-refractivity contribution is -0.384. The fourth-order valence-electron chi connectivity index (χ4n) is 4.48. The van der Waals surface area contributed by atoms with Crippen molar-refractivity contribution in [3.63, 3.8) is 0 Å². The maximum absolute atomic E-state index is 13.4. The smallest absolute Gasteiger partial charge is 0.336 e. The van der Waals surface area contributed by atoms with Gasteiger partial charge in [-0.3, -0.25) is 10.1 Å². The van der Waals surface area contributed by atoms with E-state index in [1.807, 2.05) is 31.2 Å². The van der Waals surface area contributed by atoms with Gasteiger partial charge in [0, 0.05) is 36.6 Å². The molecule has 0 fully saturated rings. The highest BCUT2D eigenvalue weighted by molar-refractivity contribution is 6.00. The molecule has 0 aliphatic carbocycles. The summed E-state index contributed by atoms with van der Waals surface area (Å²) in [6.07, 6.45) is 2.37. The van der Waals surface area contributed by atoms with E-state index in [1.165, 1.54) is 25.3 Å². The number of hydrogen-bond acceptors (Lipinski definition) is 9. The number of allylic oxidation sites excluding steroid dienone is 2. The van der Waals surface area contributed by atoms with Crippen LogP contribution in [0, 0.1) is 10.1 Å². The van der Waals surface area contributed by atoms with Gasteiger partial charge in [-0.05, 0) is 49.4 Å². The van der Waals surface area contributed by atoms with Gasteiger partial charge in [0.05, 0.1) is 42.3 Å². The number of esters is 2. The summed E-state index contributed by atoms with van der Waals surface area (Å²) in [4.78, 5) is 37.1. The van der Waals surface area contributed by atoms with Crippen LogP contribution in [0.15, 0.2) is 71.1 Å². The molecule has 0 saturated heterocycles. The minimum atomic E-state index is -0.901. The number of nitro groups is 1. The number of aryl methyl sites for hydroxylation is 1. The number of aliphatic hydroxyl groups is 1. The van der Waals surface area contributed by atoms with E-state index in [-0.39, 0.29) is 30.0 Å². The fourth-order valence-corrected chi connectivity index (χ4v) is 4.48. The molecule has 0 spiro atoms. The molecule has 2 aromatic rings. The third kappa shape index (κ3) is 7.44. The molecule has 1 heterocycles. The Balaban J connectivity index is 1.74. The Morgan fingerprint density at radius 2 is 1.79 bits per heavy atom. The van der Waals surface area contributed by atoms with Crippen molar-refractivity contribution in [1.29, 1.82) is 0 Å². The fraction of sp³-hybridized carbons (Fsp3) is 0.379. The third-order valence-corrected chi connectivity index (χ3v) is 6.38. The van der Waals surface area contributed by atoms with E-state index < -0.39 is 22.8 Å². The largest absolute Gasteiger partial charge is 0.493 e. The Bertz CT molecular complexity index is 1250. The second kappa shape index (κ2) is 14.1. The third-order valence-electron chi connectivity index (χ3n) is 6.38. The lowest BCUT2D eigenvalue weighted by Gasteiger charge is -2.31. The van der Waals surface area contributed by atoms with Gasteiger partial charge >= 0.3 is 11.9 Å². The summed E-state index contributed by atoms with van der Waals surface area (Å²) in [5.74, 6) is -1.48. The molecule has 0 bridgehead atoms. The van der Waals surface area contributed by atoms with Crippen LogP contribution in [-0.4, -0.2) is 48.9 Å². The molecule has 1 aliphatic rings. The van der Waals surface area contributed by atoms with Gasteiger partial charge in [0.1, 0.15) is 5.75 Å². The topological polar surface area (TPSA) is 137 Å². The Morgan fingerprint density at radius 3 is 2.44 bits per heavy atom. The Labute approximate surface area is 227 Å². The predicted octanol–water partition coefficient (Wildman–Crippen LogP) is 4.33. The van der Waals surface area contributed by atoms with Gasteiger partial charge in [0.15, 0.2) is 0 Å². The van der Waals surface area contributed by atoms with E-state index in [1.54, 1.807) is 13.0 Å². The summed E-state index contributed by atoms with van der Waals surface area (Å²) in [7, 11) is 1.24. The van der Waals surface area contributed by atoms with Crippen LogP contribution in [0.2, 0.25) is 0 Å². The van der Waals surface area contributed by atoms with E-state index in [9.17, 15) is 19.7 Å². The molecule has 1 unspecified atom stereocenters. The first-order valence-electron chi connectivity index (χ1n) is 12.8. The molecule has 10 nitrogen and oxygen atoms in total. The molecule has 2 N–H and O–H groups in total. The Hall–Kier alpha value is -4.18. The van der Waals surface area contributed by atoms with Gasteiger partial charge in [-0.1, -0.05) is 31.2 Å². The predicted molar refractivity (Wildman–Crippen MR) is 144 cm³/mol. The number of nitrogens with one attached hydrogen (secondary N) is 1. The molecule has 2 aromatic carbocycles. The van der Waals surface area contributed by atoms with Crippen molar-refractivity contribution in [1.82, 2.24) is 5.32 Å². The minimum Gasteiger partial charge on any atom is -0.493 e. The van der Waals surface area contributed by atoms with Gasteiger partial charge < -0.3 is 24.6 Å². The molecule has 0 saturated carbocycles. The van der Waals surface area contributed by atoms with E-state index in [0.717, 1.165) is 12.0 Å². The van der Waals surface area contributed by atoms with E-state index in [0.29, 0.717) is 48.6 Å². The van der Waals surface area contributed by atoms with E-state index >= 15 is 0 Å². The number of ether oxygens (including phenoxy) is 3. The number of aliphatic hydroxyl groups excluding tert-OH is 1. The highest BCUT2D eigenvalue weighted by Gasteiger charge is 2.38. The van der Waals surface area contributed by atoms with Crippen molar-refractivity contribution < 1.29 is 33.8 Å². The van der Waals surface area contributed by atoms with E-state index in [4.69, 9.17) is 19.3 Å². The molecule has 0 amide bonds. The number of benzene rings is 2. The average Bonchev–Trinajstić information content (AvgIpc) is 2.95. The first-order valence-corrected chi connectivity index (χ1v) is 12.8. The van der Waals surface area contributed by atoms with Crippen LogP contribution in [0.5, 0.6) is 5.75 Å².